The third-order valence-corrected chi connectivity index (χ3v) is 5.66. The normalized spacial score (nSPS) is 11.5. The minimum absolute atomic E-state index is 0.314. The fourth-order valence-corrected chi connectivity index (χ4v) is 4.09. The van der Waals surface area contributed by atoms with Crippen molar-refractivity contribution in [2.45, 2.75) is 50.5 Å². The molecule has 0 amide bonds. The molecular formula is C28H34O2. The molecule has 0 aliphatic rings. The lowest BCUT2D eigenvalue weighted by atomic mass is 9.80. The van der Waals surface area contributed by atoms with Crippen LogP contribution in [-0.4, -0.2) is 18.3 Å². The van der Waals surface area contributed by atoms with E-state index in [1.807, 2.05) is 0 Å². The number of rotatable bonds is 13. The van der Waals surface area contributed by atoms with E-state index in [2.05, 4.69) is 91.0 Å². The van der Waals surface area contributed by atoms with Crippen LogP contribution in [0.15, 0.2) is 91.0 Å². The van der Waals surface area contributed by atoms with Gasteiger partial charge in [-0.05, 0) is 29.5 Å². The van der Waals surface area contributed by atoms with Gasteiger partial charge in [-0.2, -0.15) is 0 Å². The van der Waals surface area contributed by atoms with Crippen LogP contribution in [0.4, 0.5) is 0 Å². The summed E-state index contributed by atoms with van der Waals surface area (Å²) in [7, 11) is 0. The van der Waals surface area contributed by atoms with Crippen LogP contribution in [-0.2, 0) is 10.3 Å². The predicted molar refractivity (Wildman–Crippen MR) is 125 cm³/mol. The van der Waals surface area contributed by atoms with Crippen molar-refractivity contribution in [3.8, 4) is 0 Å². The van der Waals surface area contributed by atoms with Crippen LogP contribution < -0.4 is 0 Å². The first-order chi connectivity index (χ1) is 14.9. The molecular weight excluding hydrogens is 368 g/mol. The summed E-state index contributed by atoms with van der Waals surface area (Å²) in [6.45, 7) is 1.03. The number of aliphatic hydroxyl groups excluding tert-OH is 1. The van der Waals surface area contributed by atoms with Crippen molar-refractivity contribution in [3.05, 3.63) is 108 Å². The second-order valence-electron chi connectivity index (χ2n) is 7.83. The van der Waals surface area contributed by atoms with Gasteiger partial charge in [-0.1, -0.05) is 123 Å². The molecule has 0 radical (unpaired) electrons. The number of unbranched alkanes of at least 4 members (excludes halogenated alkanes) is 6. The van der Waals surface area contributed by atoms with Crippen LogP contribution in [0.25, 0.3) is 0 Å². The first kappa shape index (κ1) is 22.3. The quantitative estimate of drug-likeness (QED) is 0.254. The summed E-state index contributed by atoms with van der Waals surface area (Å²) in [5, 5.41) is 8.88. The molecule has 0 heterocycles. The molecule has 0 bridgehead atoms. The molecule has 0 aromatic heterocycles. The Morgan fingerprint density at radius 1 is 0.500 bits per heavy atom. The lowest BCUT2D eigenvalue weighted by molar-refractivity contribution is 0.0106. The smallest absolute Gasteiger partial charge is 0.143 e. The number of hydrogen-bond acceptors (Lipinski definition) is 2. The molecule has 0 saturated carbocycles. The minimum Gasteiger partial charge on any atom is -0.396 e. The summed E-state index contributed by atoms with van der Waals surface area (Å²) < 4.78 is 6.80. The van der Waals surface area contributed by atoms with Crippen molar-refractivity contribution in [1.82, 2.24) is 0 Å². The van der Waals surface area contributed by atoms with Gasteiger partial charge in [-0.25, -0.2) is 0 Å². The third-order valence-electron chi connectivity index (χ3n) is 5.66. The lowest BCUT2D eigenvalue weighted by Crippen LogP contribution is -2.33. The fraction of sp³-hybridized carbons (Fsp3) is 0.357. The maximum absolute atomic E-state index is 8.88. The summed E-state index contributed by atoms with van der Waals surface area (Å²) in [5.74, 6) is 0. The van der Waals surface area contributed by atoms with Gasteiger partial charge in [0.25, 0.3) is 0 Å². The molecule has 3 rings (SSSR count). The van der Waals surface area contributed by atoms with Gasteiger partial charge in [-0.15, -0.1) is 0 Å². The Bertz CT molecular complexity index is 718. The summed E-state index contributed by atoms with van der Waals surface area (Å²) >= 11 is 0. The Morgan fingerprint density at radius 3 is 1.27 bits per heavy atom. The van der Waals surface area contributed by atoms with Gasteiger partial charge in [0.1, 0.15) is 5.60 Å². The van der Waals surface area contributed by atoms with Crippen LogP contribution in [0.5, 0.6) is 0 Å². The average Bonchev–Trinajstić information content (AvgIpc) is 2.82. The molecule has 3 aromatic carbocycles. The van der Waals surface area contributed by atoms with E-state index in [0.717, 1.165) is 42.6 Å². The van der Waals surface area contributed by atoms with Crippen LogP contribution in [0, 0.1) is 0 Å². The molecule has 158 valence electrons. The molecule has 0 spiro atoms. The monoisotopic (exact) mass is 402 g/mol. The fourth-order valence-electron chi connectivity index (χ4n) is 4.09. The van der Waals surface area contributed by atoms with Crippen LogP contribution in [0.3, 0.4) is 0 Å². The van der Waals surface area contributed by atoms with Crippen LogP contribution in [0.2, 0.25) is 0 Å². The Labute approximate surface area is 181 Å². The number of benzene rings is 3. The molecule has 0 fully saturated rings. The Hall–Kier alpha value is -2.42. The zero-order chi connectivity index (χ0) is 20.9. The second kappa shape index (κ2) is 12.3. The van der Waals surface area contributed by atoms with E-state index < -0.39 is 5.60 Å². The molecule has 0 saturated heterocycles. The Balaban J connectivity index is 1.77. The van der Waals surface area contributed by atoms with E-state index >= 15 is 0 Å². The van der Waals surface area contributed by atoms with Gasteiger partial charge >= 0.3 is 0 Å². The van der Waals surface area contributed by atoms with Gasteiger partial charge in [0, 0.05) is 13.2 Å². The zero-order valence-corrected chi connectivity index (χ0v) is 17.9. The summed E-state index contributed by atoms with van der Waals surface area (Å²) in [6, 6.07) is 31.7. The highest BCUT2D eigenvalue weighted by Crippen LogP contribution is 2.40. The topological polar surface area (TPSA) is 29.5 Å². The van der Waals surface area contributed by atoms with E-state index in [1.54, 1.807) is 0 Å². The zero-order valence-electron chi connectivity index (χ0n) is 17.9. The van der Waals surface area contributed by atoms with E-state index in [-0.39, 0.29) is 0 Å². The maximum atomic E-state index is 8.88. The first-order valence-electron chi connectivity index (χ1n) is 11.3. The highest BCUT2D eigenvalue weighted by atomic mass is 16.5. The highest BCUT2D eigenvalue weighted by Gasteiger charge is 2.37. The molecule has 0 aliphatic heterocycles. The minimum atomic E-state index is -0.606. The standard InChI is InChI=1S/C28H34O2/c29-23-15-4-2-1-3-5-16-24-30-28(25-17-9-6-10-18-25,26-19-11-7-12-20-26)27-21-13-8-14-22-27/h6-14,17-22,29H,1-5,15-16,23-24H2. The van der Waals surface area contributed by atoms with E-state index in [1.165, 1.54) is 25.7 Å². The Morgan fingerprint density at radius 2 is 0.867 bits per heavy atom. The molecule has 1 N–H and O–H groups in total. The predicted octanol–water partition coefficient (Wildman–Crippen LogP) is 6.72. The maximum Gasteiger partial charge on any atom is 0.143 e. The molecule has 2 heteroatoms. The lowest BCUT2D eigenvalue weighted by Gasteiger charge is -2.36. The van der Waals surface area contributed by atoms with Crippen LogP contribution >= 0.6 is 0 Å². The van der Waals surface area contributed by atoms with Crippen molar-refractivity contribution in [1.29, 1.82) is 0 Å². The van der Waals surface area contributed by atoms with Crippen molar-refractivity contribution >= 4 is 0 Å². The van der Waals surface area contributed by atoms with E-state index in [0.29, 0.717) is 6.61 Å². The molecule has 3 aromatic rings. The van der Waals surface area contributed by atoms with Crippen molar-refractivity contribution in [3.63, 3.8) is 0 Å². The SMILES string of the molecule is OCCCCCCCCCOC(c1ccccc1)(c1ccccc1)c1ccccc1. The van der Waals surface area contributed by atoms with Gasteiger partial charge in [0.2, 0.25) is 0 Å². The average molecular weight is 403 g/mol. The second-order valence-corrected chi connectivity index (χ2v) is 7.83. The number of ether oxygens (including phenoxy) is 1. The summed E-state index contributed by atoms with van der Waals surface area (Å²) in [6.07, 6.45) is 7.96. The van der Waals surface area contributed by atoms with Crippen LogP contribution in [0.1, 0.15) is 61.6 Å². The first-order valence-corrected chi connectivity index (χ1v) is 11.3. The largest absolute Gasteiger partial charge is 0.396 e. The Kier molecular flexibility index (Phi) is 9.14. The van der Waals surface area contributed by atoms with Crippen molar-refractivity contribution in [2.75, 3.05) is 13.2 Å². The number of aliphatic hydroxyl groups is 1. The van der Waals surface area contributed by atoms with E-state index in [4.69, 9.17) is 9.84 Å². The summed E-state index contributed by atoms with van der Waals surface area (Å²) in [5.41, 5.74) is 2.87. The number of hydrogen-bond donors (Lipinski definition) is 1. The molecule has 0 aliphatic carbocycles. The van der Waals surface area contributed by atoms with Gasteiger partial charge < -0.3 is 9.84 Å². The molecule has 0 unspecified atom stereocenters. The van der Waals surface area contributed by atoms with Crippen molar-refractivity contribution < 1.29 is 9.84 Å². The van der Waals surface area contributed by atoms with Gasteiger partial charge in [0.05, 0.1) is 0 Å². The molecule has 2 nitrogen and oxygen atoms in total. The van der Waals surface area contributed by atoms with E-state index in [9.17, 15) is 0 Å². The molecule has 30 heavy (non-hydrogen) atoms. The summed E-state index contributed by atoms with van der Waals surface area (Å²) in [4.78, 5) is 0. The molecule has 0 atom stereocenters. The van der Waals surface area contributed by atoms with Gasteiger partial charge in [0.15, 0.2) is 0 Å². The van der Waals surface area contributed by atoms with Gasteiger partial charge in [-0.3, -0.25) is 0 Å². The highest BCUT2D eigenvalue weighted by molar-refractivity contribution is 5.47. The van der Waals surface area contributed by atoms with Crippen molar-refractivity contribution in [2.24, 2.45) is 0 Å². The third kappa shape index (κ3) is 5.81.